The Morgan fingerprint density at radius 3 is 2.58 bits per heavy atom. The van der Waals surface area contributed by atoms with Crippen molar-refractivity contribution >= 4 is 17.4 Å². The van der Waals surface area contributed by atoms with Crippen molar-refractivity contribution in [1.29, 1.82) is 0 Å². The number of aromatic nitrogens is 3. The van der Waals surface area contributed by atoms with Gasteiger partial charge in [-0.25, -0.2) is 8.78 Å². The normalized spacial score (nSPS) is 11.1. The Balaban J connectivity index is 1.97. The van der Waals surface area contributed by atoms with Gasteiger partial charge in [0.05, 0.1) is 17.6 Å². The van der Waals surface area contributed by atoms with E-state index in [1.807, 2.05) is 0 Å². The molecule has 0 spiro atoms. The highest BCUT2D eigenvalue weighted by Crippen LogP contribution is 2.25. The summed E-state index contributed by atoms with van der Waals surface area (Å²) in [5.74, 6) is -1.94. The van der Waals surface area contributed by atoms with E-state index < -0.39 is 17.2 Å². The molecule has 3 rings (SSSR count). The first-order chi connectivity index (χ1) is 15.6. The monoisotopic (exact) mass is 474 g/mol. The van der Waals surface area contributed by atoms with E-state index in [0.29, 0.717) is 28.7 Å². The average molecular weight is 475 g/mol. The van der Waals surface area contributed by atoms with E-state index in [4.69, 9.17) is 16.3 Å². The maximum Gasteiger partial charge on any atom is 0.277 e. The van der Waals surface area contributed by atoms with Crippen LogP contribution in [0.2, 0.25) is 5.02 Å². The third-order valence-corrected chi connectivity index (χ3v) is 5.01. The SMILES string of the molecule is Cc1ncc(C(=O)/C=C\N(C)C)cc1-n1c(C)cc(OCc2ncc(F)cc2F)c(Cl)c1=O. The van der Waals surface area contributed by atoms with Crippen molar-refractivity contribution in [3.05, 3.63) is 92.5 Å². The zero-order valence-electron chi connectivity index (χ0n) is 18.4. The molecule has 3 heterocycles. The molecule has 172 valence electrons. The molecule has 0 saturated heterocycles. The summed E-state index contributed by atoms with van der Waals surface area (Å²) in [7, 11) is 3.58. The highest BCUT2D eigenvalue weighted by Gasteiger charge is 2.18. The standard InChI is InChI=1S/C23H21ClF2N4O3/c1-13-7-21(33-12-18-17(26)9-16(25)11-28-18)22(24)23(32)30(13)19-8-15(10-27-14(19)2)20(31)5-6-29(3)4/h5-11H,12H2,1-4H3/b6-5-. The fourth-order valence-corrected chi connectivity index (χ4v) is 3.17. The molecule has 0 aliphatic carbocycles. The number of rotatable bonds is 7. The number of halogens is 3. The van der Waals surface area contributed by atoms with Gasteiger partial charge < -0.3 is 9.64 Å². The first kappa shape index (κ1) is 24.1. The molecule has 3 aromatic heterocycles. The molecular weight excluding hydrogens is 454 g/mol. The van der Waals surface area contributed by atoms with Gasteiger partial charge in [0.1, 0.15) is 28.9 Å². The zero-order valence-corrected chi connectivity index (χ0v) is 19.2. The van der Waals surface area contributed by atoms with Crippen LogP contribution in [-0.4, -0.2) is 39.3 Å². The largest absolute Gasteiger partial charge is 0.485 e. The minimum atomic E-state index is -0.873. The van der Waals surface area contributed by atoms with Crippen LogP contribution in [-0.2, 0) is 6.61 Å². The number of pyridine rings is 3. The van der Waals surface area contributed by atoms with Gasteiger partial charge in [0.25, 0.3) is 5.56 Å². The number of nitrogens with zero attached hydrogens (tertiary/aromatic N) is 4. The van der Waals surface area contributed by atoms with Gasteiger partial charge >= 0.3 is 0 Å². The molecule has 0 atom stereocenters. The highest BCUT2D eigenvalue weighted by molar-refractivity contribution is 6.31. The molecule has 0 N–H and O–H groups in total. The minimum Gasteiger partial charge on any atom is -0.485 e. The van der Waals surface area contributed by atoms with Gasteiger partial charge in [-0.15, -0.1) is 0 Å². The van der Waals surface area contributed by atoms with Crippen LogP contribution in [0.25, 0.3) is 5.69 Å². The van der Waals surface area contributed by atoms with Crippen LogP contribution in [0, 0.1) is 25.5 Å². The van der Waals surface area contributed by atoms with Crippen molar-refractivity contribution in [3.63, 3.8) is 0 Å². The van der Waals surface area contributed by atoms with Crippen LogP contribution >= 0.6 is 11.6 Å². The predicted octanol–water partition coefficient (Wildman–Crippen LogP) is 4.01. The molecule has 0 amide bonds. The molecule has 0 aromatic carbocycles. The van der Waals surface area contributed by atoms with Crippen molar-refractivity contribution < 1.29 is 18.3 Å². The van der Waals surface area contributed by atoms with Crippen LogP contribution in [0.1, 0.15) is 27.4 Å². The van der Waals surface area contributed by atoms with Gasteiger partial charge in [-0.2, -0.15) is 0 Å². The average Bonchev–Trinajstić information content (AvgIpc) is 2.75. The Kier molecular flexibility index (Phi) is 7.23. The van der Waals surface area contributed by atoms with Crippen LogP contribution in [0.5, 0.6) is 5.75 Å². The quantitative estimate of drug-likeness (QED) is 0.380. The first-order valence-corrected chi connectivity index (χ1v) is 10.2. The summed E-state index contributed by atoms with van der Waals surface area (Å²) in [5.41, 5.74) is 0.917. The number of carbonyl (C=O) groups excluding carboxylic acids is 1. The summed E-state index contributed by atoms with van der Waals surface area (Å²) in [6.45, 7) is 3.01. The third kappa shape index (κ3) is 5.43. The third-order valence-electron chi connectivity index (χ3n) is 4.66. The number of hydrogen-bond acceptors (Lipinski definition) is 6. The Labute approximate surface area is 193 Å². The number of carbonyl (C=O) groups is 1. The number of allylic oxidation sites excluding steroid dienone is 1. The van der Waals surface area contributed by atoms with Crippen molar-refractivity contribution in [2.45, 2.75) is 20.5 Å². The van der Waals surface area contributed by atoms with E-state index in [-0.39, 0.29) is 28.9 Å². The van der Waals surface area contributed by atoms with E-state index in [1.165, 1.54) is 22.9 Å². The van der Waals surface area contributed by atoms with E-state index in [9.17, 15) is 18.4 Å². The molecule has 0 aliphatic heterocycles. The van der Waals surface area contributed by atoms with E-state index in [1.54, 1.807) is 45.1 Å². The molecular formula is C23H21ClF2N4O3. The fourth-order valence-electron chi connectivity index (χ4n) is 2.98. The second-order valence-corrected chi connectivity index (χ2v) is 7.83. The lowest BCUT2D eigenvalue weighted by Gasteiger charge is -2.16. The van der Waals surface area contributed by atoms with Crippen molar-refractivity contribution in [3.8, 4) is 11.4 Å². The Morgan fingerprint density at radius 2 is 1.91 bits per heavy atom. The van der Waals surface area contributed by atoms with Crippen molar-refractivity contribution in [2.75, 3.05) is 14.1 Å². The molecule has 0 unspecified atom stereocenters. The van der Waals surface area contributed by atoms with Gasteiger partial charge in [0.2, 0.25) is 0 Å². The van der Waals surface area contributed by atoms with E-state index in [0.717, 1.165) is 6.20 Å². The number of aryl methyl sites for hydroxylation is 2. The molecule has 0 saturated carbocycles. The smallest absolute Gasteiger partial charge is 0.277 e. The Hall–Kier alpha value is -3.59. The summed E-state index contributed by atoms with van der Waals surface area (Å²) < 4.78 is 33.7. The molecule has 0 radical (unpaired) electrons. The van der Waals surface area contributed by atoms with Gasteiger partial charge in [-0.05, 0) is 19.9 Å². The second-order valence-electron chi connectivity index (χ2n) is 7.45. The summed E-state index contributed by atoms with van der Waals surface area (Å²) in [6, 6.07) is 3.76. The molecule has 0 fully saturated rings. The Bertz CT molecular complexity index is 1310. The number of hydrogen-bond donors (Lipinski definition) is 0. The predicted molar refractivity (Wildman–Crippen MR) is 120 cm³/mol. The van der Waals surface area contributed by atoms with Gasteiger partial charge in [-0.3, -0.25) is 24.1 Å². The van der Waals surface area contributed by atoms with Crippen LogP contribution in [0.15, 0.2) is 47.7 Å². The van der Waals surface area contributed by atoms with Crippen LogP contribution in [0.4, 0.5) is 8.78 Å². The zero-order chi connectivity index (χ0) is 24.3. The summed E-state index contributed by atoms with van der Waals surface area (Å²) in [5, 5.41) is -0.244. The lowest BCUT2D eigenvalue weighted by Crippen LogP contribution is -2.23. The molecule has 33 heavy (non-hydrogen) atoms. The van der Waals surface area contributed by atoms with Gasteiger partial charge in [0.15, 0.2) is 11.6 Å². The highest BCUT2D eigenvalue weighted by atomic mass is 35.5. The number of ether oxygens (including phenoxy) is 1. The Morgan fingerprint density at radius 1 is 1.18 bits per heavy atom. The minimum absolute atomic E-state index is 0.0210. The van der Waals surface area contributed by atoms with Gasteiger partial charge in [-0.1, -0.05) is 11.6 Å². The van der Waals surface area contributed by atoms with Gasteiger partial charge in [0, 0.05) is 56.0 Å². The molecule has 10 heteroatoms. The molecule has 7 nitrogen and oxygen atoms in total. The summed E-state index contributed by atoms with van der Waals surface area (Å²) in [6.07, 6.45) is 5.31. The topological polar surface area (TPSA) is 77.3 Å². The lowest BCUT2D eigenvalue weighted by molar-refractivity contribution is 0.104. The molecule has 0 aliphatic rings. The molecule has 3 aromatic rings. The first-order valence-electron chi connectivity index (χ1n) is 9.79. The second kappa shape index (κ2) is 9.91. The van der Waals surface area contributed by atoms with Crippen LogP contribution < -0.4 is 10.3 Å². The lowest BCUT2D eigenvalue weighted by atomic mass is 10.1. The van der Waals surface area contributed by atoms with E-state index >= 15 is 0 Å². The van der Waals surface area contributed by atoms with Crippen molar-refractivity contribution in [2.24, 2.45) is 0 Å². The molecule has 0 bridgehead atoms. The van der Waals surface area contributed by atoms with Crippen molar-refractivity contribution in [1.82, 2.24) is 19.4 Å². The van der Waals surface area contributed by atoms with E-state index in [2.05, 4.69) is 9.97 Å². The number of ketones is 1. The summed E-state index contributed by atoms with van der Waals surface area (Å²) >= 11 is 6.25. The van der Waals surface area contributed by atoms with Crippen LogP contribution in [0.3, 0.4) is 0 Å². The maximum atomic E-state index is 13.8. The maximum absolute atomic E-state index is 13.8. The summed E-state index contributed by atoms with van der Waals surface area (Å²) in [4.78, 5) is 35.1. The fraction of sp³-hybridized carbons (Fsp3) is 0.217.